The van der Waals surface area contributed by atoms with Crippen LogP contribution in [-0.4, -0.2) is 27.2 Å². The lowest BCUT2D eigenvalue weighted by atomic mass is 10.3. The molecule has 0 unspecified atom stereocenters. The summed E-state index contributed by atoms with van der Waals surface area (Å²) in [6.07, 6.45) is 1.34. The van der Waals surface area contributed by atoms with Gasteiger partial charge in [0.25, 0.3) is 0 Å². The van der Waals surface area contributed by atoms with E-state index in [-0.39, 0.29) is 17.9 Å². The third-order valence-electron chi connectivity index (χ3n) is 2.37. The number of carboxylic acid groups (broad SMARTS) is 1. The molecule has 0 bridgehead atoms. The number of aromatic carboxylic acids is 1. The molecule has 3 N–H and O–H groups in total. The average molecular weight is 276 g/mol. The Hall–Kier alpha value is -2.90. The van der Waals surface area contributed by atoms with Crippen LogP contribution in [0, 0.1) is 6.92 Å². The van der Waals surface area contributed by atoms with E-state index in [0.717, 1.165) is 0 Å². The molecule has 2 aromatic rings. The van der Waals surface area contributed by atoms with Crippen LogP contribution in [0.25, 0.3) is 0 Å². The number of hydrogen-bond acceptors (Lipinski definition) is 5. The summed E-state index contributed by atoms with van der Waals surface area (Å²) >= 11 is 0. The largest absolute Gasteiger partial charge is 0.476 e. The maximum absolute atomic E-state index is 11.7. The summed E-state index contributed by atoms with van der Waals surface area (Å²) in [4.78, 5) is 26.3. The van der Waals surface area contributed by atoms with Crippen molar-refractivity contribution in [1.29, 1.82) is 0 Å². The standard InChI is InChI=1S/C12H12N4O4/c1-7-5-8(16-20-7)6-14-12(19)15-9-3-2-4-13-10(9)11(17)18/h2-5H,6H2,1H3,(H,17,18)(H2,14,15,19). The van der Waals surface area contributed by atoms with Crippen LogP contribution in [0.4, 0.5) is 10.5 Å². The number of rotatable bonds is 4. The normalized spacial score (nSPS) is 10.1. The number of aryl methyl sites for hydroxylation is 1. The van der Waals surface area contributed by atoms with Gasteiger partial charge in [-0.2, -0.15) is 0 Å². The highest BCUT2D eigenvalue weighted by Gasteiger charge is 2.13. The molecule has 2 aromatic heterocycles. The summed E-state index contributed by atoms with van der Waals surface area (Å²) in [6.45, 7) is 1.91. The van der Waals surface area contributed by atoms with E-state index in [0.29, 0.717) is 11.5 Å². The van der Waals surface area contributed by atoms with E-state index in [9.17, 15) is 9.59 Å². The molecule has 0 fully saturated rings. The molecule has 0 saturated carbocycles. The smallest absolute Gasteiger partial charge is 0.356 e. The molecule has 104 valence electrons. The van der Waals surface area contributed by atoms with E-state index in [1.807, 2.05) is 0 Å². The molecule has 2 amide bonds. The van der Waals surface area contributed by atoms with Crippen LogP contribution in [0.15, 0.2) is 28.9 Å². The minimum Gasteiger partial charge on any atom is -0.476 e. The molecule has 2 rings (SSSR count). The Morgan fingerprint density at radius 2 is 2.25 bits per heavy atom. The van der Waals surface area contributed by atoms with E-state index >= 15 is 0 Å². The van der Waals surface area contributed by atoms with Crippen molar-refractivity contribution in [3.05, 3.63) is 41.5 Å². The fraction of sp³-hybridized carbons (Fsp3) is 0.167. The fourth-order valence-corrected chi connectivity index (χ4v) is 1.52. The number of pyridine rings is 1. The molecule has 0 aliphatic carbocycles. The summed E-state index contributed by atoms with van der Waals surface area (Å²) in [5, 5.41) is 17.6. The van der Waals surface area contributed by atoms with Crippen molar-refractivity contribution in [3.8, 4) is 0 Å². The Kier molecular flexibility index (Phi) is 3.94. The van der Waals surface area contributed by atoms with E-state index < -0.39 is 12.0 Å². The first-order valence-electron chi connectivity index (χ1n) is 5.71. The first-order chi connectivity index (χ1) is 9.56. The van der Waals surface area contributed by atoms with Crippen molar-refractivity contribution in [2.75, 3.05) is 5.32 Å². The summed E-state index contributed by atoms with van der Waals surface area (Å²) in [5.74, 6) is -0.573. The van der Waals surface area contributed by atoms with Gasteiger partial charge in [-0.25, -0.2) is 14.6 Å². The molecule has 0 aliphatic rings. The number of anilines is 1. The number of carboxylic acids is 1. The van der Waals surface area contributed by atoms with Crippen molar-refractivity contribution >= 4 is 17.7 Å². The average Bonchev–Trinajstić information content (AvgIpc) is 2.83. The molecule has 0 aliphatic heterocycles. The van der Waals surface area contributed by atoms with Gasteiger partial charge in [-0.15, -0.1) is 0 Å². The molecule has 2 heterocycles. The number of amides is 2. The van der Waals surface area contributed by atoms with Gasteiger partial charge in [0.1, 0.15) is 11.5 Å². The maximum Gasteiger partial charge on any atom is 0.356 e. The first-order valence-corrected chi connectivity index (χ1v) is 5.71. The van der Waals surface area contributed by atoms with Gasteiger partial charge in [0.2, 0.25) is 0 Å². The Labute approximate surface area is 113 Å². The number of carbonyl (C=O) groups is 2. The molecular weight excluding hydrogens is 264 g/mol. The number of aromatic nitrogens is 2. The van der Waals surface area contributed by atoms with Gasteiger partial charge < -0.3 is 20.3 Å². The predicted octanol–water partition coefficient (Wildman–Crippen LogP) is 1.40. The second-order valence-electron chi connectivity index (χ2n) is 3.94. The third-order valence-corrected chi connectivity index (χ3v) is 2.37. The molecule has 8 heteroatoms. The minimum atomic E-state index is -1.21. The topological polar surface area (TPSA) is 117 Å². The second-order valence-corrected chi connectivity index (χ2v) is 3.94. The number of nitrogens with zero attached hydrogens (tertiary/aromatic N) is 2. The zero-order valence-corrected chi connectivity index (χ0v) is 10.6. The number of urea groups is 1. The molecule has 20 heavy (non-hydrogen) atoms. The molecule has 0 saturated heterocycles. The van der Waals surface area contributed by atoms with Crippen LogP contribution in [0.3, 0.4) is 0 Å². The lowest BCUT2D eigenvalue weighted by molar-refractivity contribution is 0.0691. The van der Waals surface area contributed by atoms with Gasteiger partial charge >= 0.3 is 12.0 Å². The summed E-state index contributed by atoms with van der Waals surface area (Å²) < 4.78 is 4.86. The van der Waals surface area contributed by atoms with Gasteiger partial charge in [0, 0.05) is 12.3 Å². The van der Waals surface area contributed by atoms with Gasteiger partial charge in [-0.05, 0) is 19.1 Å². The summed E-state index contributed by atoms with van der Waals surface area (Å²) in [7, 11) is 0. The van der Waals surface area contributed by atoms with Crippen molar-refractivity contribution in [3.63, 3.8) is 0 Å². The highest BCUT2D eigenvalue weighted by Crippen LogP contribution is 2.11. The van der Waals surface area contributed by atoms with Gasteiger partial charge in [-0.3, -0.25) is 0 Å². The molecule has 0 radical (unpaired) electrons. The third kappa shape index (κ3) is 3.31. The lowest BCUT2D eigenvalue weighted by Gasteiger charge is -2.07. The molecule has 0 aromatic carbocycles. The first kappa shape index (κ1) is 13.5. The SMILES string of the molecule is Cc1cc(CNC(=O)Nc2cccnc2C(=O)O)no1. The number of carbonyl (C=O) groups excluding carboxylic acids is 1. The van der Waals surface area contributed by atoms with Crippen LogP contribution in [0.1, 0.15) is 21.9 Å². The van der Waals surface area contributed by atoms with Gasteiger partial charge in [-0.1, -0.05) is 5.16 Å². The maximum atomic E-state index is 11.7. The summed E-state index contributed by atoms with van der Waals surface area (Å²) in [6, 6.07) is 4.12. The number of nitrogens with one attached hydrogen (secondary N) is 2. The van der Waals surface area contributed by atoms with E-state index in [2.05, 4.69) is 20.8 Å². The van der Waals surface area contributed by atoms with Crippen LogP contribution < -0.4 is 10.6 Å². The van der Waals surface area contributed by atoms with Gasteiger partial charge in [0.05, 0.1) is 12.2 Å². The Bertz CT molecular complexity index is 638. The molecular formula is C12H12N4O4. The van der Waals surface area contributed by atoms with Crippen LogP contribution in [0.5, 0.6) is 0 Å². The molecule has 8 nitrogen and oxygen atoms in total. The molecule has 0 atom stereocenters. The van der Waals surface area contributed by atoms with Crippen molar-refractivity contribution in [1.82, 2.24) is 15.5 Å². The highest BCUT2D eigenvalue weighted by atomic mass is 16.5. The van der Waals surface area contributed by atoms with Crippen LogP contribution in [-0.2, 0) is 6.54 Å². The zero-order valence-electron chi connectivity index (χ0n) is 10.6. The quantitative estimate of drug-likeness (QED) is 0.776. The number of hydrogen-bond donors (Lipinski definition) is 3. The zero-order chi connectivity index (χ0) is 14.5. The van der Waals surface area contributed by atoms with E-state index in [1.165, 1.54) is 18.3 Å². The fourth-order valence-electron chi connectivity index (χ4n) is 1.52. The van der Waals surface area contributed by atoms with E-state index in [1.54, 1.807) is 13.0 Å². The Morgan fingerprint density at radius 1 is 1.45 bits per heavy atom. The van der Waals surface area contributed by atoms with Crippen LogP contribution >= 0.6 is 0 Å². The Balaban J connectivity index is 1.96. The van der Waals surface area contributed by atoms with E-state index in [4.69, 9.17) is 9.63 Å². The second kappa shape index (κ2) is 5.83. The predicted molar refractivity (Wildman–Crippen MR) is 68.3 cm³/mol. The van der Waals surface area contributed by atoms with Gasteiger partial charge in [0.15, 0.2) is 5.69 Å². The monoisotopic (exact) mass is 276 g/mol. The van der Waals surface area contributed by atoms with Crippen molar-refractivity contribution < 1.29 is 19.2 Å². The highest BCUT2D eigenvalue weighted by molar-refractivity contribution is 5.98. The Morgan fingerprint density at radius 3 is 2.90 bits per heavy atom. The van der Waals surface area contributed by atoms with Crippen LogP contribution in [0.2, 0.25) is 0 Å². The summed E-state index contributed by atoms with van der Waals surface area (Å²) in [5.41, 5.74) is 0.469. The molecule has 0 spiro atoms. The lowest BCUT2D eigenvalue weighted by Crippen LogP contribution is -2.29. The van der Waals surface area contributed by atoms with Crippen molar-refractivity contribution in [2.45, 2.75) is 13.5 Å². The minimum absolute atomic E-state index is 0.119. The van der Waals surface area contributed by atoms with Crippen molar-refractivity contribution in [2.24, 2.45) is 0 Å².